The van der Waals surface area contributed by atoms with Crippen LogP contribution in [-0.4, -0.2) is 47.3 Å². The number of ether oxygens (including phenoxy) is 1. The van der Waals surface area contributed by atoms with Crippen LogP contribution in [0.4, 0.5) is 0 Å². The Morgan fingerprint density at radius 3 is 2.71 bits per heavy atom. The minimum absolute atomic E-state index is 0.195. The zero-order valence-electron chi connectivity index (χ0n) is 11.4. The number of hydrogen-bond donors (Lipinski definition) is 1. The lowest BCUT2D eigenvalue weighted by Crippen LogP contribution is -2.50. The van der Waals surface area contributed by atoms with Gasteiger partial charge in [0, 0.05) is 13.2 Å². The van der Waals surface area contributed by atoms with Crippen molar-refractivity contribution in [1.82, 2.24) is 4.90 Å². The number of carboxylic acid groups (broad SMARTS) is 1. The van der Waals surface area contributed by atoms with Crippen molar-refractivity contribution in [3.8, 4) is 0 Å². The molecule has 2 unspecified atom stereocenters. The summed E-state index contributed by atoms with van der Waals surface area (Å²) in [6.07, 6.45) is 3.75. The number of aliphatic carboxylic acids is 1. The fourth-order valence-corrected chi connectivity index (χ4v) is 2.66. The third kappa shape index (κ3) is 3.96. The Labute approximate surface area is 104 Å². The summed E-state index contributed by atoms with van der Waals surface area (Å²) in [7, 11) is 1.71. The van der Waals surface area contributed by atoms with Gasteiger partial charge in [-0.15, -0.1) is 0 Å². The average Bonchev–Trinajstić information content (AvgIpc) is 2.28. The number of piperidine rings is 1. The molecule has 1 fully saturated rings. The Morgan fingerprint density at radius 1 is 1.53 bits per heavy atom. The standard InChI is InChI=1S/C13H25NO3/c1-10(9-13(2,3)17-4)14-8-6-5-7-11(14)12(15)16/h10-11H,5-9H2,1-4H3,(H,15,16). The van der Waals surface area contributed by atoms with E-state index >= 15 is 0 Å². The first-order valence-electron chi connectivity index (χ1n) is 6.41. The molecule has 0 aliphatic carbocycles. The number of hydrogen-bond acceptors (Lipinski definition) is 3. The molecular formula is C13H25NO3. The van der Waals surface area contributed by atoms with Gasteiger partial charge in [0.1, 0.15) is 6.04 Å². The summed E-state index contributed by atoms with van der Waals surface area (Å²) in [6, 6.07) is -0.0715. The van der Waals surface area contributed by atoms with Crippen LogP contribution in [0, 0.1) is 0 Å². The molecule has 1 rings (SSSR count). The van der Waals surface area contributed by atoms with E-state index in [1.54, 1.807) is 7.11 Å². The Bertz CT molecular complexity index is 265. The normalized spacial score (nSPS) is 24.6. The summed E-state index contributed by atoms with van der Waals surface area (Å²) >= 11 is 0. The van der Waals surface area contributed by atoms with Crippen LogP contribution in [0.15, 0.2) is 0 Å². The van der Waals surface area contributed by atoms with Gasteiger partial charge in [-0.3, -0.25) is 9.69 Å². The van der Waals surface area contributed by atoms with Gasteiger partial charge in [0.15, 0.2) is 0 Å². The van der Waals surface area contributed by atoms with Crippen LogP contribution in [0.1, 0.15) is 46.5 Å². The van der Waals surface area contributed by atoms with E-state index in [0.29, 0.717) is 0 Å². The quantitative estimate of drug-likeness (QED) is 0.803. The van der Waals surface area contributed by atoms with Crippen LogP contribution in [-0.2, 0) is 9.53 Å². The van der Waals surface area contributed by atoms with Crippen LogP contribution >= 0.6 is 0 Å². The lowest BCUT2D eigenvalue weighted by atomic mass is 9.94. The minimum atomic E-state index is -0.688. The highest BCUT2D eigenvalue weighted by atomic mass is 16.5. The van der Waals surface area contributed by atoms with Gasteiger partial charge in [0.25, 0.3) is 0 Å². The Hall–Kier alpha value is -0.610. The summed E-state index contributed by atoms with van der Waals surface area (Å²) in [5, 5.41) is 9.24. The van der Waals surface area contributed by atoms with E-state index in [9.17, 15) is 9.90 Å². The van der Waals surface area contributed by atoms with Crippen molar-refractivity contribution in [2.24, 2.45) is 0 Å². The van der Waals surface area contributed by atoms with E-state index in [1.807, 2.05) is 13.8 Å². The maximum atomic E-state index is 11.2. The summed E-state index contributed by atoms with van der Waals surface area (Å²) in [5.74, 6) is -0.688. The van der Waals surface area contributed by atoms with Crippen LogP contribution in [0.25, 0.3) is 0 Å². The maximum Gasteiger partial charge on any atom is 0.320 e. The van der Waals surface area contributed by atoms with Crippen molar-refractivity contribution in [3.63, 3.8) is 0 Å². The molecule has 1 N–H and O–H groups in total. The highest BCUT2D eigenvalue weighted by Gasteiger charge is 2.33. The van der Waals surface area contributed by atoms with Crippen molar-refractivity contribution >= 4 is 5.97 Å². The van der Waals surface area contributed by atoms with Crippen LogP contribution in [0.2, 0.25) is 0 Å². The SMILES string of the molecule is COC(C)(C)CC(C)N1CCCCC1C(=O)O. The lowest BCUT2D eigenvalue weighted by molar-refractivity contribution is -0.146. The van der Waals surface area contributed by atoms with E-state index in [1.165, 1.54) is 0 Å². The molecule has 0 radical (unpaired) electrons. The highest BCUT2D eigenvalue weighted by Crippen LogP contribution is 2.25. The van der Waals surface area contributed by atoms with Crippen LogP contribution in [0.5, 0.6) is 0 Å². The van der Waals surface area contributed by atoms with E-state index in [2.05, 4.69) is 11.8 Å². The van der Waals surface area contributed by atoms with Crippen molar-refractivity contribution in [3.05, 3.63) is 0 Å². The summed E-state index contributed by atoms with van der Waals surface area (Å²) < 4.78 is 5.42. The number of rotatable bonds is 5. The van der Waals surface area contributed by atoms with E-state index in [-0.39, 0.29) is 17.7 Å². The summed E-state index contributed by atoms with van der Waals surface area (Å²) in [5.41, 5.74) is -0.195. The molecule has 0 aromatic heterocycles. The largest absolute Gasteiger partial charge is 0.480 e. The molecule has 0 saturated carbocycles. The third-order valence-electron chi connectivity index (χ3n) is 3.73. The van der Waals surface area contributed by atoms with Crippen molar-refractivity contribution in [2.45, 2.75) is 64.1 Å². The van der Waals surface area contributed by atoms with Gasteiger partial charge in [-0.05, 0) is 46.6 Å². The van der Waals surface area contributed by atoms with Gasteiger partial charge >= 0.3 is 5.97 Å². The summed E-state index contributed by atoms with van der Waals surface area (Å²) in [4.78, 5) is 13.3. The molecule has 1 aliphatic rings. The van der Waals surface area contributed by atoms with Gasteiger partial charge < -0.3 is 9.84 Å². The van der Waals surface area contributed by atoms with Crippen molar-refractivity contribution in [2.75, 3.05) is 13.7 Å². The van der Waals surface area contributed by atoms with E-state index in [4.69, 9.17) is 4.74 Å². The molecule has 1 heterocycles. The van der Waals surface area contributed by atoms with Gasteiger partial charge in [-0.25, -0.2) is 0 Å². The zero-order valence-corrected chi connectivity index (χ0v) is 11.4. The number of carboxylic acids is 1. The number of likely N-dealkylation sites (tertiary alicyclic amines) is 1. The lowest BCUT2D eigenvalue weighted by Gasteiger charge is -2.40. The number of carbonyl (C=O) groups is 1. The molecule has 0 aromatic rings. The molecule has 4 nitrogen and oxygen atoms in total. The highest BCUT2D eigenvalue weighted by molar-refractivity contribution is 5.73. The second-order valence-corrected chi connectivity index (χ2v) is 5.60. The number of methoxy groups -OCH3 is 1. The van der Waals surface area contributed by atoms with E-state index in [0.717, 1.165) is 32.2 Å². The van der Waals surface area contributed by atoms with Gasteiger partial charge in [-0.2, -0.15) is 0 Å². The number of nitrogens with zero attached hydrogens (tertiary/aromatic N) is 1. The molecule has 1 saturated heterocycles. The molecule has 2 atom stereocenters. The summed E-state index contributed by atoms with van der Waals surface area (Å²) in [6.45, 7) is 7.08. The average molecular weight is 243 g/mol. The Morgan fingerprint density at radius 2 is 2.18 bits per heavy atom. The molecule has 0 amide bonds. The molecule has 0 aromatic carbocycles. The van der Waals surface area contributed by atoms with Gasteiger partial charge in [0.2, 0.25) is 0 Å². The first-order chi connectivity index (χ1) is 7.87. The smallest absolute Gasteiger partial charge is 0.320 e. The molecule has 4 heteroatoms. The second-order valence-electron chi connectivity index (χ2n) is 5.60. The zero-order chi connectivity index (χ0) is 13.1. The Kier molecular flexibility index (Phi) is 4.95. The fourth-order valence-electron chi connectivity index (χ4n) is 2.66. The minimum Gasteiger partial charge on any atom is -0.480 e. The van der Waals surface area contributed by atoms with Crippen molar-refractivity contribution in [1.29, 1.82) is 0 Å². The fraction of sp³-hybridized carbons (Fsp3) is 0.923. The predicted octanol–water partition coefficient (Wildman–Crippen LogP) is 2.13. The Balaban J connectivity index is 2.65. The van der Waals surface area contributed by atoms with Crippen molar-refractivity contribution < 1.29 is 14.6 Å². The van der Waals surface area contributed by atoms with Gasteiger partial charge in [-0.1, -0.05) is 6.42 Å². The molecule has 0 bridgehead atoms. The molecule has 0 spiro atoms. The molecule has 100 valence electrons. The first-order valence-corrected chi connectivity index (χ1v) is 6.41. The van der Waals surface area contributed by atoms with Crippen LogP contribution < -0.4 is 0 Å². The van der Waals surface area contributed by atoms with Crippen LogP contribution in [0.3, 0.4) is 0 Å². The van der Waals surface area contributed by atoms with Gasteiger partial charge in [0.05, 0.1) is 5.60 Å². The maximum absolute atomic E-state index is 11.2. The second kappa shape index (κ2) is 5.83. The molecule has 17 heavy (non-hydrogen) atoms. The third-order valence-corrected chi connectivity index (χ3v) is 3.73. The molecule has 1 aliphatic heterocycles. The van der Waals surface area contributed by atoms with E-state index < -0.39 is 5.97 Å². The molecular weight excluding hydrogens is 218 g/mol. The monoisotopic (exact) mass is 243 g/mol. The topological polar surface area (TPSA) is 49.8 Å². The predicted molar refractivity (Wildman–Crippen MR) is 67.1 cm³/mol. The first kappa shape index (κ1) is 14.5.